The average molecular weight is 377 g/mol. The Morgan fingerprint density at radius 1 is 1.27 bits per heavy atom. The maximum Gasteiger partial charge on any atom is 0.339 e. The first-order valence-electron chi connectivity index (χ1n) is 8.55. The summed E-state index contributed by atoms with van der Waals surface area (Å²) in [6.45, 7) is 6.37. The van der Waals surface area contributed by atoms with Crippen LogP contribution in [0.15, 0.2) is 30.3 Å². The Labute approximate surface area is 157 Å². The third kappa shape index (κ3) is 3.97. The fourth-order valence-electron chi connectivity index (χ4n) is 3.20. The van der Waals surface area contributed by atoms with Gasteiger partial charge in [0.1, 0.15) is 5.15 Å². The SMILES string of the molecule is CC1CN(C(=O)C(C)OC(=O)c2cc(Cl)nc3ccccc23)CC(C)O1. The number of carbonyl (C=O) groups is 2. The molecule has 6 nitrogen and oxygen atoms in total. The second-order valence-corrected chi connectivity index (χ2v) is 6.95. The summed E-state index contributed by atoms with van der Waals surface area (Å²) < 4.78 is 11.1. The molecule has 1 saturated heterocycles. The third-order valence-electron chi connectivity index (χ3n) is 4.27. The van der Waals surface area contributed by atoms with E-state index in [-0.39, 0.29) is 23.3 Å². The van der Waals surface area contributed by atoms with Crippen molar-refractivity contribution >= 4 is 34.4 Å². The second kappa shape index (κ2) is 7.60. The molecule has 0 bridgehead atoms. The van der Waals surface area contributed by atoms with Crippen LogP contribution in [0.2, 0.25) is 5.15 Å². The van der Waals surface area contributed by atoms with E-state index in [2.05, 4.69) is 4.98 Å². The Morgan fingerprint density at radius 3 is 2.62 bits per heavy atom. The van der Waals surface area contributed by atoms with E-state index in [1.165, 1.54) is 6.07 Å². The molecule has 1 aromatic carbocycles. The van der Waals surface area contributed by atoms with Gasteiger partial charge >= 0.3 is 5.97 Å². The van der Waals surface area contributed by atoms with Gasteiger partial charge in [0.25, 0.3) is 5.91 Å². The predicted molar refractivity (Wildman–Crippen MR) is 98.2 cm³/mol. The highest BCUT2D eigenvalue weighted by Crippen LogP contribution is 2.22. The second-order valence-electron chi connectivity index (χ2n) is 6.56. The Kier molecular flexibility index (Phi) is 5.44. The molecule has 3 unspecified atom stereocenters. The van der Waals surface area contributed by atoms with E-state index in [9.17, 15) is 9.59 Å². The number of hydrogen-bond donors (Lipinski definition) is 0. The number of benzene rings is 1. The van der Waals surface area contributed by atoms with Crippen LogP contribution in [-0.2, 0) is 14.3 Å². The van der Waals surface area contributed by atoms with Crippen molar-refractivity contribution in [3.05, 3.63) is 41.0 Å². The number of aromatic nitrogens is 1. The number of carbonyl (C=O) groups excluding carboxylic acids is 2. The molecular formula is C19H21ClN2O4. The van der Waals surface area contributed by atoms with Gasteiger partial charge in [-0.05, 0) is 32.9 Å². The summed E-state index contributed by atoms with van der Waals surface area (Å²) in [5.41, 5.74) is 0.894. The number of amides is 1. The van der Waals surface area contributed by atoms with Crippen molar-refractivity contribution in [3.8, 4) is 0 Å². The minimum Gasteiger partial charge on any atom is -0.449 e. The third-order valence-corrected chi connectivity index (χ3v) is 4.46. The lowest BCUT2D eigenvalue weighted by Crippen LogP contribution is -2.51. The van der Waals surface area contributed by atoms with Crippen molar-refractivity contribution in [1.29, 1.82) is 0 Å². The number of nitrogens with zero attached hydrogens (tertiary/aromatic N) is 2. The lowest BCUT2D eigenvalue weighted by molar-refractivity contribution is -0.151. The molecule has 26 heavy (non-hydrogen) atoms. The molecule has 1 aliphatic rings. The minimum absolute atomic E-state index is 0.0476. The lowest BCUT2D eigenvalue weighted by atomic mass is 10.1. The van der Waals surface area contributed by atoms with Crippen LogP contribution in [0.4, 0.5) is 0 Å². The number of esters is 1. The Morgan fingerprint density at radius 2 is 1.92 bits per heavy atom. The molecule has 0 radical (unpaired) electrons. The maximum absolute atomic E-state index is 12.6. The van der Waals surface area contributed by atoms with Crippen molar-refractivity contribution in [1.82, 2.24) is 9.88 Å². The first-order valence-corrected chi connectivity index (χ1v) is 8.93. The largest absolute Gasteiger partial charge is 0.449 e. The van der Waals surface area contributed by atoms with Crippen LogP contribution in [0.25, 0.3) is 10.9 Å². The first kappa shape index (κ1) is 18.6. The van der Waals surface area contributed by atoms with Crippen LogP contribution in [-0.4, -0.2) is 53.2 Å². The van der Waals surface area contributed by atoms with Crippen LogP contribution < -0.4 is 0 Å². The fraction of sp³-hybridized carbons (Fsp3) is 0.421. The van der Waals surface area contributed by atoms with Crippen molar-refractivity contribution in [2.24, 2.45) is 0 Å². The number of fused-ring (bicyclic) bond motifs is 1. The number of halogens is 1. The van der Waals surface area contributed by atoms with Gasteiger partial charge in [-0.25, -0.2) is 9.78 Å². The standard InChI is InChI=1S/C19H21ClN2O4/c1-11-9-22(10-12(2)25-11)18(23)13(3)26-19(24)15-8-17(20)21-16-7-5-4-6-14(15)16/h4-8,11-13H,9-10H2,1-3H3. The summed E-state index contributed by atoms with van der Waals surface area (Å²) in [5, 5.41) is 0.834. The lowest BCUT2D eigenvalue weighted by Gasteiger charge is -2.36. The van der Waals surface area contributed by atoms with Gasteiger partial charge in [0.2, 0.25) is 0 Å². The molecule has 1 aromatic heterocycles. The molecular weight excluding hydrogens is 356 g/mol. The van der Waals surface area contributed by atoms with Gasteiger partial charge in [-0.15, -0.1) is 0 Å². The molecule has 3 atom stereocenters. The molecule has 0 N–H and O–H groups in total. The van der Waals surface area contributed by atoms with E-state index in [0.29, 0.717) is 29.6 Å². The van der Waals surface area contributed by atoms with Gasteiger partial charge in [0, 0.05) is 18.5 Å². The number of para-hydroxylation sites is 1. The highest BCUT2D eigenvalue weighted by atomic mass is 35.5. The smallest absolute Gasteiger partial charge is 0.339 e. The first-order chi connectivity index (χ1) is 12.3. The van der Waals surface area contributed by atoms with Crippen molar-refractivity contribution in [2.45, 2.75) is 39.1 Å². The summed E-state index contributed by atoms with van der Waals surface area (Å²) in [7, 11) is 0. The van der Waals surface area contributed by atoms with Crippen molar-refractivity contribution < 1.29 is 19.1 Å². The van der Waals surface area contributed by atoms with E-state index in [1.807, 2.05) is 19.9 Å². The van der Waals surface area contributed by atoms with Crippen molar-refractivity contribution in [2.75, 3.05) is 13.1 Å². The van der Waals surface area contributed by atoms with E-state index in [4.69, 9.17) is 21.1 Å². The summed E-state index contributed by atoms with van der Waals surface area (Å²) >= 11 is 6.01. The van der Waals surface area contributed by atoms with Gasteiger partial charge in [-0.1, -0.05) is 29.8 Å². The quantitative estimate of drug-likeness (QED) is 0.608. The van der Waals surface area contributed by atoms with Crippen LogP contribution in [0.3, 0.4) is 0 Å². The van der Waals surface area contributed by atoms with Crippen LogP contribution >= 0.6 is 11.6 Å². The monoisotopic (exact) mass is 376 g/mol. The van der Waals surface area contributed by atoms with Crippen molar-refractivity contribution in [3.63, 3.8) is 0 Å². The average Bonchev–Trinajstić information content (AvgIpc) is 2.59. The van der Waals surface area contributed by atoms with Gasteiger partial charge in [0.05, 0.1) is 23.3 Å². The molecule has 1 amide bonds. The minimum atomic E-state index is -0.897. The molecule has 0 saturated carbocycles. The summed E-state index contributed by atoms with van der Waals surface area (Å²) in [6.07, 6.45) is -0.993. The van der Waals surface area contributed by atoms with Gasteiger partial charge in [0.15, 0.2) is 6.10 Å². The normalized spacial score (nSPS) is 21.5. The number of ether oxygens (including phenoxy) is 2. The van der Waals surface area contributed by atoms with Crippen LogP contribution in [0.5, 0.6) is 0 Å². The van der Waals surface area contributed by atoms with E-state index in [0.717, 1.165) is 0 Å². The van der Waals surface area contributed by atoms with Gasteiger partial charge < -0.3 is 14.4 Å². The fourth-order valence-corrected chi connectivity index (χ4v) is 3.40. The zero-order valence-electron chi connectivity index (χ0n) is 14.9. The topological polar surface area (TPSA) is 68.7 Å². The Hall–Kier alpha value is -2.18. The zero-order valence-corrected chi connectivity index (χ0v) is 15.7. The molecule has 1 aliphatic heterocycles. The highest BCUT2D eigenvalue weighted by molar-refractivity contribution is 6.30. The molecule has 138 valence electrons. The molecule has 2 aromatic rings. The van der Waals surface area contributed by atoms with E-state index >= 15 is 0 Å². The number of hydrogen-bond acceptors (Lipinski definition) is 5. The van der Waals surface area contributed by atoms with Gasteiger partial charge in [-0.2, -0.15) is 0 Å². The molecule has 3 rings (SSSR count). The summed E-state index contributed by atoms with van der Waals surface area (Å²) in [4.78, 5) is 31.1. The number of morpholine rings is 1. The van der Waals surface area contributed by atoms with Crippen LogP contribution in [0.1, 0.15) is 31.1 Å². The molecule has 2 heterocycles. The summed E-state index contributed by atoms with van der Waals surface area (Å²) in [6, 6.07) is 8.62. The number of pyridine rings is 1. The molecule has 7 heteroatoms. The predicted octanol–water partition coefficient (Wildman–Crippen LogP) is 3.07. The summed E-state index contributed by atoms with van der Waals surface area (Å²) in [5.74, 6) is -0.828. The Balaban J connectivity index is 1.76. The van der Waals surface area contributed by atoms with Gasteiger partial charge in [-0.3, -0.25) is 4.79 Å². The molecule has 1 fully saturated rings. The van der Waals surface area contributed by atoms with E-state index < -0.39 is 12.1 Å². The zero-order chi connectivity index (χ0) is 18.8. The highest BCUT2D eigenvalue weighted by Gasteiger charge is 2.30. The molecule has 0 spiro atoms. The van der Waals surface area contributed by atoms with E-state index in [1.54, 1.807) is 30.0 Å². The molecule has 0 aliphatic carbocycles. The number of rotatable bonds is 3. The Bertz CT molecular complexity index is 831. The maximum atomic E-state index is 12.6. The van der Waals surface area contributed by atoms with Crippen LogP contribution in [0, 0.1) is 0 Å².